The van der Waals surface area contributed by atoms with Crippen molar-refractivity contribution >= 4 is 24.0 Å². The molecule has 11 heteroatoms. The highest BCUT2D eigenvalue weighted by molar-refractivity contribution is 6.05. The number of pyridine rings is 1. The van der Waals surface area contributed by atoms with Crippen molar-refractivity contribution in [3.63, 3.8) is 0 Å². The van der Waals surface area contributed by atoms with Gasteiger partial charge >= 0.3 is 12.4 Å². The Kier molecular flexibility index (Phi) is 6.14. The SMILES string of the molecule is CC(NC(=O)N1C(=O)C(Cc2ccnc(N)c2)C1C=O)c1ccc(OC(F)(F)F)cc1. The Bertz CT molecular complexity index is 981. The smallest absolute Gasteiger partial charge is 0.406 e. The average molecular weight is 436 g/mol. The van der Waals surface area contributed by atoms with Gasteiger partial charge in [-0.2, -0.15) is 0 Å². The zero-order valence-electron chi connectivity index (χ0n) is 16.3. The first-order valence-corrected chi connectivity index (χ1v) is 9.24. The number of benzene rings is 1. The highest BCUT2D eigenvalue weighted by Crippen LogP contribution is 2.30. The van der Waals surface area contributed by atoms with Gasteiger partial charge in [0.25, 0.3) is 0 Å². The number of likely N-dealkylation sites (tertiary alicyclic amines) is 1. The van der Waals surface area contributed by atoms with Crippen molar-refractivity contribution in [2.75, 3.05) is 5.73 Å². The quantitative estimate of drug-likeness (QED) is 0.532. The fourth-order valence-electron chi connectivity index (χ4n) is 3.34. The third-order valence-electron chi connectivity index (χ3n) is 4.88. The van der Waals surface area contributed by atoms with Crippen LogP contribution in [0.25, 0.3) is 0 Å². The third-order valence-corrected chi connectivity index (χ3v) is 4.88. The molecule has 1 aliphatic heterocycles. The lowest BCUT2D eigenvalue weighted by atomic mass is 9.83. The summed E-state index contributed by atoms with van der Waals surface area (Å²) in [6.07, 6.45) is -2.55. The number of aldehydes is 1. The summed E-state index contributed by atoms with van der Waals surface area (Å²) < 4.78 is 40.5. The molecule has 1 saturated heterocycles. The molecule has 0 saturated carbocycles. The molecule has 1 aromatic carbocycles. The largest absolute Gasteiger partial charge is 0.573 e. The lowest BCUT2D eigenvalue weighted by Crippen LogP contribution is -2.66. The minimum absolute atomic E-state index is 0.231. The number of carbonyl (C=O) groups excluding carboxylic acids is 3. The van der Waals surface area contributed by atoms with Gasteiger partial charge in [0.2, 0.25) is 5.91 Å². The van der Waals surface area contributed by atoms with Crippen LogP contribution in [0.15, 0.2) is 42.6 Å². The monoisotopic (exact) mass is 436 g/mol. The lowest BCUT2D eigenvalue weighted by Gasteiger charge is -2.42. The third kappa shape index (κ3) is 5.11. The van der Waals surface area contributed by atoms with Crippen LogP contribution < -0.4 is 15.8 Å². The number of ether oxygens (including phenoxy) is 1. The van der Waals surface area contributed by atoms with Crippen LogP contribution in [0.3, 0.4) is 0 Å². The zero-order chi connectivity index (χ0) is 22.8. The van der Waals surface area contributed by atoms with Crippen molar-refractivity contribution in [1.82, 2.24) is 15.2 Å². The van der Waals surface area contributed by atoms with Gasteiger partial charge in [-0.05, 0) is 48.7 Å². The highest BCUT2D eigenvalue weighted by atomic mass is 19.4. The molecule has 0 bridgehead atoms. The van der Waals surface area contributed by atoms with E-state index in [0.29, 0.717) is 17.4 Å². The van der Waals surface area contributed by atoms with Gasteiger partial charge in [-0.25, -0.2) is 9.78 Å². The number of urea groups is 1. The number of imide groups is 1. The van der Waals surface area contributed by atoms with Crippen LogP contribution in [0.4, 0.5) is 23.8 Å². The second-order valence-corrected chi connectivity index (χ2v) is 7.02. The Hall–Kier alpha value is -3.63. The lowest BCUT2D eigenvalue weighted by molar-refractivity contribution is -0.274. The molecule has 1 aromatic heterocycles. The molecule has 3 unspecified atom stereocenters. The van der Waals surface area contributed by atoms with Crippen LogP contribution >= 0.6 is 0 Å². The molecule has 3 amide bonds. The number of alkyl halides is 3. The maximum absolute atomic E-state index is 12.5. The summed E-state index contributed by atoms with van der Waals surface area (Å²) in [6.45, 7) is 1.59. The van der Waals surface area contributed by atoms with Gasteiger partial charge in [-0.15, -0.1) is 13.2 Å². The molecular weight excluding hydrogens is 417 g/mol. The van der Waals surface area contributed by atoms with Crippen LogP contribution in [0.5, 0.6) is 5.75 Å². The van der Waals surface area contributed by atoms with E-state index >= 15 is 0 Å². The molecule has 2 heterocycles. The average Bonchev–Trinajstić information content (AvgIpc) is 2.69. The fraction of sp³-hybridized carbons (Fsp3) is 0.300. The first-order chi connectivity index (χ1) is 14.6. The Labute approximate surface area is 175 Å². The Balaban J connectivity index is 1.62. The van der Waals surface area contributed by atoms with Gasteiger partial charge in [0, 0.05) is 6.20 Å². The number of nitrogen functional groups attached to an aromatic ring is 1. The van der Waals surface area contributed by atoms with Crippen molar-refractivity contribution in [3.8, 4) is 5.75 Å². The summed E-state index contributed by atoms with van der Waals surface area (Å²) >= 11 is 0. The molecule has 1 aliphatic rings. The Morgan fingerprint density at radius 2 is 2.00 bits per heavy atom. The number of hydrogen-bond acceptors (Lipinski definition) is 6. The van der Waals surface area contributed by atoms with Crippen molar-refractivity contribution in [2.45, 2.75) is 31.8 Å². The summed E-state index contributed by atoms with van der Waals surface area (Å²) in [6, 6.07) is 5.87. The molecule has 0 radical (unpaired) electrons. The Morgan fingerprint density at radius 1 is 1.32 bits per heavy atom. The maximum Gasteiger partial charge on any atom is 0.573 e. The first-order valence-electron chi connectivity index (χ1n) is 9.24. The van der Waals surface area contributed by atoms with Crippen LogP contribution in [0, 0.1) is 5.92 Å². The summed E-state index contributed by atoms with van der Waals surface area (Å²) in [5.41, 5.74) is 6.82. The minimum atomic E-state index is -4.80. The number of nitrogens with one attached hydrogen (secondary N) is 1. The van der Waals surface area contributed by atoms with Crippen molar-refractivity contribution < 1.29 is 32.3 Å². The number of amides is 3. The minimum Gasteiger partial charge on any atom is -0.406 e. The van der Waals surface area contributed by atoms with E-state index < -0.39 is 42.1 Å². The number of rotatable bonds is 6. The van der Waals surface area contributed by atoms with Gasteiger partial charge < -0.3 is 20.6 Å². The van der Waals surface area contributed by atoms with E-state index in [-0.39, 0.29) is 12.2 Å². The Morgan fingerprint density at radius 3 is 2.58 bits per heavy atom. The molecule has 8 nitrogen and oxygen atoms in total. The van der Waals surface area contributed by atoms with E-state index in [1.165, 1.54) is 18.3 Å². The number of aromatic nitrogens is 1. The molecule has 1 fully saturated rings. The van der Waals surface area contributed by atoms with E-state index in [2.05, 4.69) is 15.0 Å². The van der Waals surface area contributed by atoms with Gasteiger partial charge in [0.15, 0.2) is 0 Å². The number of halogens is 3. The van der Waals surface area contributed by atoms with Crippen molar-refractivity contribution in [2.24, 2.45) is 5.92 Å². The molecule has 31 heavy (non-hydrogen) atoms. The van der Waals surface area contributed by atoms with Gasteiger partial charge in [-0.3, -0.25) is 9.69 Å². The normalized spacial score (nSPS) is 19.4. The van der Waals surface area contributed by atoms with Crippen LogP contribution in [0.2, 0.25) is 0 Å². The van der Waals surface area contributed by atoms with Crippen molar-refractivity contribution in [3.05, 3.63) is 53.7 Å². The summed E-state index contributed by atoms with van der Waals surface area (Å²) in [5.74, 6) is -1.32. The molecule has 3 atom stereocenters. The molecule has 3 N–H and O–H groups in total. The molecule has 0 aliphatic carbocycles. The van der Waals surface area contributed by atoms with Gasteiger partial charge in [0.1, 0.15) is 23.9 Å². The van der Waals surface area contributed by atoms with Crippen LogP contribution in [-0.4, -0.2) is 40.5 Å². The second-order valence-electron chi connectivity index (χ2n) is 7.02. The van der Waals surface area contributed by atoms with Crippen LogP contribution in [0.1, 0.15) is 24.1 Å². The highest BCUT2D eigenvalue weighted by Gasteiger charge is 2.50. The molecule has 0 spiro atoms. The predicted octanol–water partition coefficient (Wildman–Crippen LogP) is 2.60. The number of hydrogen-bond donors (Lipinski definition) is 2. The van der Waals surface area contributed by atoms with Crippen molar-refractivity contribution in [1.29, 1.82) is 0 Å². The fourth-order valence-corrected chi connectivity index (χ4v) is 3.34. The van der Waals surface area contributed by atoms with E-state index in [1.807, 2.05) is 0 Å². The summed E-state index contributed by atoms with van der Waals surface area (Å²) in [7, 11) is 0. The predicted molar refractivity (Wildman–Crippen MR) is 103 cm³/mol. The van der Waals surface area contributed by atoms with Crippen LogP contribution in [-0.2, 0) is 16.0 Å². The molecule has 2 aromatic rings. The topological polar surface area (TPSA) is 115 Å². The maximum atomic E-state index is 12.5. The standard InChI is InChI=1S/C20H19F3N4O4/c1-11(13-2-4-14(5-3-13)31-20(21,22)23)26-19(30)27-16(10-28)15(18(27)29)8-12-6-7-25-17(24)9-12/h2-7,9-11,15-16H,8H2,1H3,(H2,24,25)(H,26,30). The summed E-state index contributed by atoms with van der Waals surface area (Å²) in [5, 5.41) is 2.57. The number of anilines is 1. The number of nitrogens with zero attached hydrogens (tertiary/aromatic N) is 2. The molecule has 164 valence electrons. The van der Waals surface area contributed by atoms with E-state index in [4.69, 9.17) is 5.73 Å². The molecule has 3 rings (SSSR count). The van der Waals surface area contributed by atoms with E-state index in [0.717, 1.165) is 17.0 Å². The molecular formula is C20H19F3N4O4. The van der Waals surface area contributed by atoms with Gasteiger partial charge in [0.05, 0.1) is 12.0 Å². The summed E-state index contributed by atoms with van der Waals surface area (Å²) in [4.78, 5) is 41.2. The zero-order valence-corrected chi connectivity index (χ0v) is 16.3. The first kappa shape index (κ1) is 22.1. The van der Waals surface area contributed by atoms with Gasteiger partial charge in [-0.1, -0.05) is 12.1 Å². The number of nitrogens with two attached hydrogens (primary N) is 1. The second kappa shape index (κ2) is 8.62. The number of β-lactam (4-membered cyclic amide) rings is 1. The van der Waals surface area contributed by atoms with E-state index in [9.17, 15) is 27.6 Å². The van der Waals surface area contributed by atoms with E-state index in [1.54, 1.807) is 19.1 Å². The number of carbonyl (C=O) groups is 3.